The SMILES string of the molecule is COc1ccc(-c2cnc3ccc(N4CCCC4)nn23)cc1OC.O=CO. The van der Waals surface area contributed by atoms with Crippen LogP contribution in [0.3, 0.4) is 0 Å². The zero-order valence-electron chi connectivity index (χ0n) is 15.3. The molecule has 1 aliphatic rings. The third-order valence-electron chi connectivity index (χ3n) is 4.46. The van der Waals surface area contributed by atoms with E-state index >= 15 is 0 Å². The Morgan fingerprint density at radius 2 is 1.78 bits per heavy atom. The molecule has 142 valence electrons. The fourth-order valence-electron chi connectivity index (χ4n) is 3.17. The summed E-state index contributed by atoms with van der Waals surface area (Å²) in [6, 6.07) is 9.91. The maximum absolute atomic E-state index is 8.36. The van der Waals surface area contributed by atoms with E-state index in [9.17, 15) is 0 Å². The molecular weight excluding hydrogens is 348 g/mol. The Labute approximate surface area is 157 Å². The number of ether oxygens (including phenoxy) is 2. The Morgan fingerprint density at radius 1 is 1.07 bits per heavy atom. The molecule has 27 heavy (non-hydrogen) atoms. The van der Waals surface area contributed by atoms with Gasteiger partial charge in [0.2, 0.25) is 0 Å². The highest BCUT2D eigenvalue weighted by molar-refractivity contribution is 5.67. The van der Waals surface area contributed by atoms with Crippen LogP contribution in [0, 0.1) is 0 Å². The van der Waals surface area contributed by atoms with E-state index in [0.717, 1.165) is 35.8 Å². The van der Waals surface area contributed by atoms with Gasteiger partial charge in [0.15, 0.2) is 17.1 Å². The molecule has 2 aromatic heterocycles. The lowest BCUT2D eigenvalue weighted by Gasteiger charge is -2.16. The molecule has 1 fully saturated rings. The summed E-state index contributed by atoms with van der Waals surface area (Å²) in [5.74, 6) is 2.40. The molecule has 8 nitrogen and oxygen atoms in total. The molecule has 0 aliphatic carbocycles. The first-order valence-corrected chi connectivity index (χ1v) is 8.61. The zero-order chi connectivity index (χ0) is 19.2. The fourth-order valence-corrected chi connectivity index (χ4v) is 3.17. The molecule has 3 heterocycles. The molecule has 1 aliphatic heterocycles. The maximum Gasteiger partial charge on any atom is 0.290 e. The van der Waals surface area contributed by atoms with E-state index in [2.05, 4.69) is 9.88 Å². The summed E-state index contributed by atoms with van der Waals surface area (Å²) in [6.45, 7) is 1.89. The monoisotopic (exact) mass is 370 g/mol. The van der Waals surface area contributed by atoms with Crippen LogP contribution in [0.1, 0.15) is 12.8 Å². The number of aromatic nitrogens is 3. The Balaban J connectivity index is 0.000000659. The van der Waals surface area contributed by atoms with Gasteiger partial charge in [-0.3, -0.25) is 4.79 Å². The van der Waals surface area contributed by atoms with Crippen LogP contribution < -0.4 is 14.4 Å². The summed E-state index contributed by atoms with van der Waals surface area (Å²) in [4.78, 5) is 15.1. The van der Waals surface area contributed by atoms with Crippen molar-refractivity contribution in [1.82, 2.24) is 14.6 Å². The van der Waals surface area contributed by atoms with Crippen molar-refractivity contribution in [2.75, 3.05) is 32.2 Å². The lowest BCUT2D eigenvalue weighted by atomic mass is 10.1. The van der Waals surface area contributed by atoms with E-state index in [1.54, 1.807) is 14.2 Å². The molecule has 1 aromatic carbocycles. The molecule has 0 amide bonds. The van der Waals surface area contributed by atoms with Crippen molar-refractivity contribution in [3.63, 3.8) is 0 Å². The summed E-state index contributed by atoms with van der Waals surface area (Å²) < 4.78 is 12.6. The van der Waals surface area contributed by atoms with E-state index in [1.165, 1.54) is 12.8 Å². The Morgan fingerprint density at radius 3 is 2.44 bits per heavy atom. The van der Waals surface area contributed by atoms with Gasteiger partial charge in [0.1, 0.15) is 5.82 Å². The number of anilines is 1. The van der Waals surface area contributed by atoms with E-state index in [0.29, 0.717) is 11.5 Å². The second kappa shape index (κ2) is 8.39. The second-order valence-corrected chi connectivity index (χ2v) is 5.97. The van der Waals surface area contributed by atoms with Crippen LogP contribution in [0.2, 0.25) is 0 Å². The Bertz CT molecular complexity index is 919. The zero-order valence-corrected chi connectivity index (χ0v) is 15.3. The number of hydrogen-bond donors (Lipinski definition) is 1. The third kappa shape index (κ3) is 3.79. The smallest absolute Gasteiger partial charge is 0.290 e. The van der Waals surface area contributed by atoms with E-state index in [-0.39, 0.29) is 6.47 Å². The first-order chi connectivity index (χ1) is 13.2. The first-order valence-electron chi connectivity index (χ1n) is 8.61. The minimum atomic E-state index is -0.250. The normalized spacial score (nSPS) is 13.2. The van der Waals surface area contributed by atoms with Gasteiger partial charge in [-0.1, -0.05) is 0 Å². The van der Waals surface area contributed by atoms with Crippen molar-refractivity contribution in [1.29, 1.82) is 0 Å². The number of methoxy groups -OCH3 is 2. The summed E-state index contributed by atoms with van der Waals surface area (Å²) in [6.07, 6.45) is 4.30. The van der Waals surface area contributed by atoms with Crippen LogP contribution in [-0.4, -0.2) is 53.5 Å². The summed E-state index contributed by atoms with van der Waals surface area (Å²) in [5, 5.41) is 11.7. The van der Waals surface area contributed by atoms with E-state index < -0.39 is 0 Å². The van der Waals surface area contributed by atoms with E-state index in [4.69, 9.17) is 24.5 Å². The standard InChI is InChI=1S/C18H20N4O2.CH2O2/c1-23-15-6-5-13(11-16(15)24-2)14-12-19-17-7-8-18(20-22(14)17)21-9-3-4-10-21;2-1-3/h5-8,11-12H,3-4,9-10H2,1-2H3;1H,(H,2,3). The summed E-state index contributed by atoms with van der Waals surface area (Å²) in [7, 11) is 3.27. The molecule has 4 rings (SSSR count). The maximum atomic E-state index is 8.36. The lowest BCUT2D eigenvalue weighted by Crippen LogP contribution is -2.19. The topological polar surface area (TPSA) is 89.2 Å². The van der Waals surface area contributed by atoms with Gasteiger partial charge in [-0.2, -0.15) is 0 Å². The summed E-state index contributed by atoms with van der Waals surface area (Å²) in [5.41, 5.74) is 2.76. The van der Waals surface area contributed by atoms with Gasteiger partial charge in [0, 0.05) is 18.7 Å². The average molecular weight is 370 g/mol. The molecule has 1 N–H and O–H groups in total. The van der Waals surface area contributed by atoms with Gasteiger partial charge < -0.3 is 19.5 Å². The first kappa shape index (κ1) is 18.5. The number of nitrogens with zero attached hydrogens (tertiary/aromatic N) is 4. The minimum Gasteiger partial charge on any atom is -0.493 e. The quantitative estimate of drug-likeness (QED) is 0.706. The predicted molar refractivity (Wildman–Crippen MR) is 102 cm³/mol. The predicted octanol–water partition coefficient (Wildman–Crippen LogP) is 2.71. The number of rotatable bonds is 4. The molecule has 0 saturated carbocycles. The summed E-state index contributed by atoms with van der Waals surface area (Å²) >= 11 is 0. The molecule has 8 heteroatoms. The number of carboxylic acid groups (broad SMARTS) is 1. The highest BCUT2D eigenvalue weighted by Crippen LogP contribution is 2.32. The molecule has 0 bridgehead atoms. The van der Waals surface area contributed by atoms with Crippen LogP contribution in [-0.2, 0) is 4.79 Å². The van der Waals surface area contributed by atoms with Crippen molar-refractivity contribution >= 4 is 17.9 Å². The van der Waals surface area contributed by atoms with Crippen LogP contribution in [0.15, 0.2) is 36.5 Å². The van der Waals surface area contributed by atoms with Crippen molar-refractivity contribution in [3.8, 4) is 22.8 Å². The van der Waals surface area contributed by atoms with Crippen LogP contribution in [0.5, 0.6) is 11.5 Å². The van der Waals surface area contributed by atoms with Gasteiger partial charge in [0.05, 0.1) is 26.1 Å². The van der Waals surface area contributed by atoms with Gasteiger partial charge in [-0.05, 0) is 43.2 Å². The van der Waals surface area contributed by atoms with Crippen LogP contribution >= 0.6 is 0 Å². The molecule has 3 aromatic rings. The second-order valence-electron chi connectivity index (χ2n) is 5.97. The number of imidazole rings is 1. The lowest BCUT2D eigenvalue weighted by molar-refractivity contribution is -0.122. The number of benzene rings is 1. The van der Waals surface area contributed by atoms with Crippen molar-refractivity contribution in [2.24, 2.45) is 0 Å². The van der Waals surface area contributed by atoms with Crippen molar-refractivity contribution in [2.45, 2.75) is 12.8 Å². The van der Waals surface area contributed by atoms with Gasteiger partial charge in [0.25, 0.3) is 6.47 Å². The molecular formula is C19H22N4O4. The highest BCUT2D eigenvalue weighted by Gasteiger charge is 2.16. The minimum absolute atomic E-state index is 0.250. The average Bonchev–Trinajstić information content (AvgIpc) is 3.37. The molecule has 0 atom stereocenters. The van der Waals surface area contributed by atoms with Crippen molar-refractivity contribution < 1.29 is 19.4 Å². The number of carbonyl (C=O) groups is 1. The van der Waals surface area contributed by atoms with Gasteiger partial charge >= 0.3 is 0 Å². The van der Waals surface area contributed by atoms with Gasteiger partial charge in [-0.15, -0.1) is 5.10 Å². The third-order valence-corrected chi connectivity index (χ3v) is 4.46. The fraction of sp³-hybridized carbons (Fsp3) is 0.316. The Hall–Kier alpha value is -3.29. The largest absolute Gasteiger partial charge is 0.493 e. The van der Waals surface area contributed by atoms with Crippen molar-refractivity contribution in [3.05, 3.63) is 36.5 Å². The molecule has 1 saturated heterocycles. The van der Waals surface area contributed by atoms with Crippen LogP contribution in [0.25, 0.3) is 16.9 Å². The van der Waals surface area contributed by atoms with Crippen LogP contribution in [0.4, 0.5) is 5.82 Å². The number of hydrogen-bond acceptors (Lipinski definition) is 6. The van der Waals surface area contributed by atoms with Gasteiger partial charge in [-0.25, -0.2) is 9.50 Å². The Kier molecular flexibility index (Phi) is 5.75. The molecule has 0 unspecified atom stereocenters. The molecule has 0 radical (unpaired) electrons. The molecule has 0 spiro atoms. The number of fused-ring (bicyclic) bond motifs is 1. The highest BCUT2D eigenvalue weighted by atomic mass is 16.5. The van der Waals surface area contributed by atoms with E-state index in [1.807, 2.05) is 41.0 Å².